The topological polar surface area (TPSA) is 31.2 Å². The number of hydrogen-bond donors (Lipinski definition) is 0. The number of halogens is 1. The molecule has 3 nitrogen and oxygen atoms in total. The van der Waals surface area contributed by atoms with Crippen molar-refractivity contribution in [1.29, 1.82) is 0 Å². The summed E-state index contributed by atoms with van der Waals surface area (Å²) in [6, 6.07) is 2.34. The summed E-state index contributed by atoms with van der Waals surface area (Å²) in [5.41, 5.74) is -0.214. The molecule has 0 saturated heterocycles. The van der Waals surface area contributed by atoms with Gasteiger partial charge in [-0.2, -0.15) is 0 Å². The van der Waals surface area contributed by atoms with Gasteiger partial charge in [0.1, 0.15) is 5.82 Å². The minimum absolute atomic E-state index is 0.214. The van der Waals surface area contributed by atoms with E-state index in [1.165, 1.54) is 23.9 Å². The van der Waals surface area contributed by atoms with Gasteiger partial charge in [-0.25, -0.2) is 4.39 Å². The van der Waals surface area contributed by atoms with E-state index in [-0.39, 0.29) is 5.56 Å². The lowest BCUT2D eigenvalue weighted by atomic mass is 10.4. The number of nitrogens with zero attached hydrogens (tertiary/aromatic N) is 1. The lowest BCUT2D eigenvalue weighted by Crippen LogP contribution is -2.20. The van der Waals surface area contributed by atoms with Gasteiger partial charge in [-0.15, -0.1) is 0 Å². The van der Waals surface area contributed by atoms with E-state index in [4.69, 9.17) is 4.74 Å². The van der Waals surface area contributed by atoms with Gasteiger partial charge in [0, 0.05) is 25.9 Å². The van der Waals surface area contributed by atoms with Crippen LogP contribution in [0.5, 0.6) is 0 Å². The number of rotatable bonds is 3. The molecule has 0 aliphatic rings. The molecule has 1 aromatic rings. The van der Waals surface area contributed by atoms with Gasteiger partial charge >= 0.3 is 0 Å². The maximum atomic E-state index is 12.6. The number of ether oxygens (including phenoxy) is 1. The maximum Gasteiger partial charge on any atom is 0.250 e. The van der Waals surface area contributed by atoms with Crippen LogP contribution in [0.3, 0.4) is 0 Å². The van der Waals surface area contributed by atoms with Gasteiger partial charge in [0.25, 0.3) is 5.56 Å². The molecule has 0 aliphatic heterocycles. The summed E-state index contributed by atoms with van der Waals surface area (Å²) in [5.74, 6) is -0.411. The van der Waals surface area contributed by atoms with E-state index < -0.39 is 5.82 Å². The first-order chi connectivity index (χ1) is 5.74. The van der Waals surface area contributed by atoms with Crippen LogP contribution in [-0.2, 0) is 11.3 Å². The Morgan fingerprint density at radius 2 is 2.33 bits per heavy atom. The van der Waals surface area contributed by atoms with Crippen LogP contribution in [0, 0.1) is 5.82 Å². The molecule has 0 fully saturated rings. The molecule has 0 unspecified atom stereocenters. The van der Waals surface area contributed by atoms with Crippen molar-refractivity contribution in [1.82, 2.24) is 4.57 Å². The molecule has 66 valence electrons. The summed E-state index contributed by atoms with van der Waals surface area (Å²) in [6.45, 7) is 0.788. The molecule has 1 aromatic heterocycles. The van der Waals surface area contributed by atoms with Gasteiger partial charge in [0.05, 0.1) is 6.61 Å². The average molecular weight is 171 g/mol. The van der Waals surface area contributed by atoms with E-state index in [0.717, 1.165) is 6.07 Å². The highest BCUT2D eigenvalue weighted by molar-refractivity contribution is 4.96. The Morgan fingerprint density at radius 3 is 3.00 bits per heavy atom. The normalized spacial score (nSPS) is 10.2. The van der Waals surface area contributed by atoms with Crippen molar-refractivity contribution in [2.24, 2.45) is 0 Å². The Balaban J connectivity index is 2.83. The quantitative estimate of drug-likeness (QED) is 0.668. The number of hydrogen-bond acceptors (Lipinski definition) is 2. The van der Waals surface area contributed by atoms with Crippen molar-refractivity contribution >= 4 is 0 Å². The summed E-state index contributed by atoms with van der Waals surface area (Å²) in [4.78, 5) is 11.0. The fourth-order valence-electron chi connectivity index (χ4n) is 0.867. The average Bonchev–Trinajstić information content (AvgIpc) is 2.07. The highest BCUT2D eigenvalue weighted by Crippen LogP contribution is 1.91. The van der Waals surface area contributed by atoms with E-state index in [9.17, 15) is 9.18 Å². The minimum Gasteiger partial charge on any atom is -0.383 e. The Kier molecular flexibility index (Phi) is 2.99. The molecule has 12 heavy (non-hydrogen) atoms. The molecule has 0 saturated carbocycles. The van der Waals surface area contributed by atoms with Crippen molar-refractivity contribution in [2.45, 2.75) is 6.54 Å². The van der Waals surface area contributed by atoms with Crippen LogP contribution < -0.4 is 5.56 Å². The van der Waals surface area contributed by atoms with Crippen LogP contribution >= 0.6 is 0 Å². The summed E-state index contributed by atoms with van der Waals surface area (Å²) in [7, 11) is 1.53. The molecule has 0 spiro atoms. The largest absolute Gasteiger partial charge is 0.383 e. The molecule has 0 amide bonds. The van der Waals surface area contributed by atoms with Crippen molar-refractivity contribution in [3.05, 3.63) is 34.5 Å². The van der Waals surface area contributed by atoms with Crippen molar-refractivity contribution < 1.29 is 9.13 Å². The van der Waals surface area contributed by atoms with Crippen molar-refractivity contribution in [3.8, 4) is 0 Å². The van der Waals surface area contributed by atoms with Gasteiger partial charge in [-0.1, -0.05) is 0 Å². The summed E-state index contributed by atoms with van der Waals surface area (Å²) in [6.07, 6.45) is 1.17. The van der Waals surface area contributed by atoms with Crippen LogP contribution in [0.4, 0.5) is 4.39 Å². The van der Waals surface area contributed by atoms with E-state index >= 15 is 0 Å². The molecule has 0 aliphatic carbocycles. The fraction of sp³-hybridized carbons (Fsp3) is 0.375. The second kappa shape index (κ2) is 4.01. The Morgan fingerprint density at radius 1 is 1.58 bits per heavy atom. The summed E-state index contributed by atoms with van der Waals surface area (Å²) < 4.78 is 18.6. The van der Waals surface area contributed by atoms with Gasteiger partial charge < -0.3 is 9.30 Å². The standard InChI is InChI=1S/C8H10FNO2/c1-12-5-4-10-6-7(9)2-3-8(10)11/h2-3,6H,4-5H2,1H3. The molecule has 0 radical (unpaired) electrons. The Hall–Kier alpha value is -1.16. The fourth-order valence-corrected chi connectivity index (χ4v) is 0.867. The zero-order valence-corrected chi connectivity index (χ0v) is 6.79. The molecule has 0 N–H and O–H groups in total. The van der Waals surface area contributed by atoms with E-state index in [0.29, 0.717) is 13.2 Å². The van der Waals surface area contributed by atoms with Crippen LogP contribution in [-0.4, -0.2) is 18.3 Å². The van der Waals surface area contributed by atoms with Crippen LogP contribution in [0.15, 0.2) is 23.1 Å². The lowest BCUT2D eigenvalue weighted by Gasteiger charge is -2.03. The molecule has 4 heteroatoms. The zero-order chi connectivity index (χ0) is 8.97. The molecule has 0 bridgehead atoms. The monoisotopic (exact) mass is 171 g/mol. The number of pyridine rings is 1. The Bertz CT molecular complexity index is 308. The summed E-state index contributed by atoms with van der Waals surface area (Å²) in [5, 5.41) is 0. The second-order valence-electron chi connectivity index (χ2n) is 2.37. The van der Waals surface area contributed by atoms with E-state index in [2.05, 4.69) is 0 Å². The summed E-state index contributed by atoms with van der Waals surface area (Å²) >= 11 is 0. The predicted octanol–water partition coefficient (Wildman–Crippen LogP) is 0.634. The third kappa shape index (κ3) is 2.17. The molecule has 1 rings (SSSR count). The molecule has 0 atom stereocenters. The first-order valence-corrected chi connectivity index (χ1v) is 3.59. The van der Waals surface area contributed by atoms with Crippen LogP contribution in [0.2, 0.25) is 0 Å². The predicted molar refractivity (Wildman–Crippen MR) is 42.5 cm³/mol. The van der Waals surface area contributed by atoms with Gasteiger partial charge in [-0.3, -0.25) is 4.79 Å². The highest BCUT2D eigenvalue weighted by atomic mass is 19.1. The molecular formula is C8H10FNO2. The lowest BCUT2D eigenvalue weighted by molar-refractivity contribution is 0.186. The Labute approximate surface area is 69.4 Å². The molecular weight excluding hydrogens is 161 g/mol. The SMILES string of the molecule is COCCn1cc(F)ccc1=O. The van der Waals surface area contributed by atoms with Crippen molar-refractivity contribution in [3.63, 3.8) is 0 Å². The van der Waals surface area contributed by atoms with Gasteiger partial charge in [0.2, 0.25) is 0 Å². The highest BCUT2D eigenvalue weighted by Gasteiger charge is 1.96. The zero-order valence-electron chi connectivity index (χ0n) is 6.79. The third-order valence-electron chi connectivity index (χ3n) is 1.48. The van der Waals surface area contributed by atoms with Crippen molar-refractivity contribution in [2.75, 3.05) is 13.7 Å². The molecule has 0 aromatic carbocycles. The smallest absolute Gasteiger partial charge is 0.250 e. The van der Waals surface area contributed by atoms with E-state index in [1.54, 1.807) is 0 Å². The van der Waals surface area contributed by atoms with Gasteiger partial charge in [-0.05, 0) is 6.07 Å². The number of aromatic nitrogens is 1. The maximum absolute atomic E-state index is 12.6. The second-order valence-corrected chi connectivity index (χ2v) is 2.37. The van der Waals surface area contributed by atoms with Gasteiger partial charge in [0.15, 0.2) is 0 Å². The van der Waals surface area contributed by atoms with Crippen LogP contribution in [0.1, 0.15) is 0 Å². The first-order valence-electron chi connectivity index (χ1n) is 3.59. The number of methoxy groups -OCH3 is 1. The minimum atomic E-state index is -0.411. The third-order valence-corrected chi connectivity index (χ3v) is 1.48. The van der Waals surface area contributed by atoms with Crippen LogP contribution in [0.25, 0.3) is 0 Å². The van der Waals surface area contributed by atoms with E-state index in [1.807, 2.05) is 0 Å². The first kappa shape index (κ1) is 8.93. The molecule has 1 heterocycles.